The first-order valence-electron chi connectivity index (χ1n) is 6.44. The molecule has 9 heteroatoms. The third-order valence-corrected chi connectivity index (χ3v) is 3.44. The van der Waals surface area contributed by atoms with Crippen LogP contribution in [0.15, 0.2) is 53.3 Å². The maximum atomic E-state index is 12.1. The molecule has 0 aliphatic rings. The molecule has 0 atom stereocenters. The summed E-state index contributed by atoms with van der Waals surface area (Å²) in [5.74, 6) is 0.277. The highest BCUT2D eigenvalue weighted by atomic mass is 79.9. The zero-order valence-corrected chi connectivity index (χ0v) is 14.2. The molecule has 126 valence electrons. The highest BCUT2D eigenvalue weighted by molar-refractivity contribution is 9.10. The van der Waals surface area contributed by atoms with E-state index in [0.717, 1.165) is 15.4 Å². The number of alkyl halides is 3. The first kappa shape index (κ1) is 18.3. The molecular weight excluding hydrogens is 411 g/mol. The number of ether oxygens (including phenoxy) is 1. The van der Waals surface area contributed by atoms with Crippen molar-refractivity contribution >= 4 is 50.7 Å². The average molecular weight is 421 g/mol. The van der Waals surface area contributed by atoms with Crippen LogP contribution in [0.25, 0.3) is 10.9 Å². The molecule has 0 bridgehead atoms. The van der Waals surface area contributed by atoms with E-state index >= 15 is 0 Å². The average Bonchev–Trinajstić information content (AvgIpc) is 2.48. The van der Waals surface area contributed by atoms with E-state index in [1.807, 2.05) is 18.2 Å². The molecule has 0 aliphatic heterocycles. The number of benzene rings is 2. The number of nitrogens with one attached hydrogen (secondary N) is 1. The molecule has 1 N–H and O–H groups in total. The standard InChI is InChI=1S/C15H9BrF3N3O.ClH/c16-9-1-6-13-12(7-9)14(21-8-20-13)22-10-2-4-11(5-3-10)23-15(17,18)19;/h1-8H,(H,20,21,22);1H. The first-order chi connectivity index (χ1) is 10.9. The van der Waals surface area contributed by atoms with Crippen molar-refractivity contribution < 1.29 is 17.9 Å². The van der Waals surface area contributed by atoms with E-state index < -0.39 is 6.36 Å². The predicted octanol–water partition coefficient (Wildman–Crippen LogP) is 5.46. The van der Waals surface area contributed by atoms with Gasteiger partial charge in [-0.15, -0.1) is 25.6 Å². The van der Waals surface area contributed by atoms with Crippen molar-refractivity contribution in [1.82, 2.24) is 9.97 Å². The summed E-state index contributed by atoms with van der Waals surface area (Å²) in [6, 6.07) is 11.0. The normalized spacial score (nSPS) is 11.0. The molecule has 3 rings (SSSR count). The van der Waals surface area contributed by atoms with Gasteiger partial charge in [0.25, 0.3) is 0 Å². The fourth-order valence-electron chi connectivity index (χ4n) is 2.01. The summed E-state index contributed by atoms with van der Waals surface area (Å²) in [6.07, 6.45) is -3.29. The van der Waals surface area contributed by atoms with Crippen LogP contribution >= 0.6 is 28.3 Å². The second-order valence-electron chi connectivity index (χ2n) is 4.58. The Bertz CT molecular complexity index is 843. The molecular formula is C15H10BrClF3N3O. The molecule has 0 saturated heterocycles. The van der Waals surface area contributed by atoms with Crippen LogP contribution in [0.2, 0.25) is 0 Å². The highest BCUT2D eigenvalue weighted by Crippen LogP contribution is 2.28. The Morgan fingerprint density at radius 2 is 1.71 bits per heavy atom. The Hall–Kier alpha value is -2.06. The fourth-order valence-corrected chi connectivity index (χ4v) is 2.37. The van der Waals surface area contributed by atoms with Gasteiger partial charge in [-0.05, 0) is 42.5 Å². The van der Waals surface area contributed by atoms with Crippen LogP contribution in [0.1, 0.15) is 0 Å². The second kappa shape index (κ2) is 7.23. The van der Waals surface area contributed by atoms with Crippen molar-refractivity contribution in [3.63, 3.8) is 0 Å². The van der Waals surface area contributed by atoms with Gasteiger partial charge in [0.1, 0.15) is 17.9 Å². The number of hydrogen-bond acceptors (Lipinski definition) is 4. The lowest BCUT2D eigenvalue weighted by Gasteiger charge is -2.11. The van der Waals surface area contributed by atoms with Gasteiger partial charge >= 0.3 is 6.36 Å². The van der Waals surface area contributed by atoms with Crippen molar-refractivity contribution in [2.24, 2.45) is 0 Å². The quantitative estimate of drug-likeness (QED) is 0.611. The highest BCUT2D eigenvalue weighted by Gasteiger charge is 2.30. The third kappa shape index (κ3) is 4.48. The summed E-state index contributed by atoms with van der Waals surface area (Å²) in [5, 5.41) is 3.84. The molecule has 1 aromatic heterocycles. The summed E-state index contributed by atoms with van der Waals surface area (Å²) in [5.41, 5.74) is 1.34. The largest absolute Gasteiger partial charge is 0.573 e. The Morgan fingerprint density at radius 1 is 1.00 bits per heavy atom. The van der Waals surface area contributed by atoms with Gasteiger partial charge < -0.3 is 10.1 Å². The molecule has 2 aromatic carbocycles. The van der Waals surface area contributed by atoms with Crippen LogP contribution < -0.4 is 10.1 Å². The number of nitrogens with zero attached hydrogens (tertiary/aromatic N) is 2. The predicted molar refractivity (Wildman–Crippen MR) is 90.9 cm³/mol. The molecule has 0 saturated carbocycles. The van der Waals surface area contributed by atoms with Crippen molar-refractivity contribution in [2.75, 3.05) is 5.32 Å². The van der Waals surface area contributed by atoms with Crippen LogP contribution in [-0.2, 0) is 0 Å². The number of aromatic nitrogens is 2. The maximum Gasteiger partial charge on any atom is 0.573 e. The third-order valence-electron chi connectivity index (χ3n) is 2.95. The van der Waals surface area contributed by atoms with E-state index in [0.29, 0.717) is 11.5 Å². The Morgan fingerprint density at radius 3 is 2.38 bits per heavy atom. The fraction of sp³-hybridized carbons (Fsp3) is 0.0667. The van der Waals surface area contributed by atoms with E-state index in [2.05, 4.69) is 36.0 Å². The second-order valence-corrected chi connectivity index (χ2v) is 5.50. The summed E-state index contributed by atoms with van der Waals surface area (Å²) in [7, 11) is 0. The van der Waals surface area contributed by atoms with E-state index in [9.17, 15) is 13.2 Å². The summed E-state index contributed by atoms with van der Waals surface area (Å²) >= 11 is 3.38. The molecule has 0 aliphatic carbocycles. The number of fused-ring (bicyclic) bond motifs is 1. The molecule has 3 aromatic rings. The SMILES string of the molecule is Cl.FC(F)(F)Oc1ccc(Nc2ncnc3ccc(Br)cc23)cc1. The summed E-state index contributed by atoms with van der Waals surface area (Å²) < 4.78 is 41.1. The van der Waals surface area contributed by atoms with Gasteiger partial charge in [-0.1, -0.05) is 15.9 Å². The van der Waals surface area contributed by atoms with Crippen LogP contribution in [0, 0.1) is 0 Å². The van der Waals surface area contributed by atoms with E-state index in [1.54, 1.807) is 0 Å². The van der Waals surface area contributed by atoms with Crippen molar-refractivity contribution in [2.45, 2.75) is 6.36 Å². The van der Waals surface area contributed by atoms with Crippen molar-refractivity contribution in [1.29, 1.82) is 0 Å². The first-order valence-corrected chi connectivity index (χ1v) is 7.23. The summed E-state index contributed by atoms with van der Waals surface area (Å²) in [4.78, 5) is 8.33. The number of rotatable bonds is 3. The van der Waals surface area contributed by atoms with Gasteiger partial charge in [0.2, 0.25) is 0 Å². The lowest BCUT2D eigenvalue weighted by molar-refractivity contribution is -0.274. The number of halogens is 5. The topological polar surface area (TPSA) is 47.0 Å². The van der Waals surface area contributed by atoms with Crippen molar-refractivity contribution in [3.8, 4) is 5.75 Å². The Balaban J connectivity index is 0.00000208. The van der Waals surface area contributed by atoms with Gasteiger partial charge in [0, 0.05) is 15.5 Å². The van der Waals surface area contributed by atoms with Gasteiger partial charge in [-0.2, -0.15) is 0 Å². The van der Waals surface area contributed by atoms with Crippen LogP contribution in [-0.4, -0.2) is 16.3 Å². The minimum Gasteiger partial charge on any atom is -0.406 e. The van der Waals surface area contributed by atoms with Gasteiger partial charge in [0.05, 0.1) is 5.52 Å². The van der Waals surface area contributed by atoms with E-state index in [1.165, 1.54) is 30.6 Å². The van der Waals surface area contributed by atoms with Crippen LogP contribution in [0.5, 0.6) is 5.75 Å². The maximum absolute atomic E-state index is 12.1. The minimum absolute atomic E-state index is 0. The Kier molecular flexibility index (Phi) is 5.51. The lowest BCUT2D eigenvalue weighted by atomic mass is 10.2. The van der Waals surface area contributed by atoms with Gasteiger partial charge in [0.15, 0.2) is 0 Å². The smallest absolute Gasteiger partial charge is 0.406 e. The molecule has 24 heavy (non-hydrogen) atoms. The zero-order chi connectivity index (χ0) is 16.4. The van der Waals surface area contributed by atoms with Crippen LogP contribution in [0.4, 0.5) is 24.7 Å². The number of hydrogen-bond donors (Lipinski definition) is 1. The number of anilines is 2. The van der Waals surface area contributed by atoms with E-state index in [4.69, 9.17) is 0 Å². The van der Waals surface area contributed by atoms with Gasteiger partial charge in [-0.3, -0.25) is 0 Å². The Labute approximate surface area is 149 Å². The molecule has 0 amide bonds. The zero-order valence-electron chi connectivity index (χ0n) is 11.8. The summed E-state index contributed by atoms with van der Waals surface area (Å²) in [6.45, 7) is 0. The molecule has 0 radical (unpaired) electrons. The molecule has 0 spiro atoms. The molecule has 1 heterocycles. The molecule has 4 nitrogen and oxygen atoms in total. The van der Waals surface area contributed by atoms with Crippen molar-refractivity contribution in [3.05, 3.63) is 53.3 Å². The minimum atomic E-state index is -4.70. The van der Waals surface area contributed by atoms with E-state index in [-0.39, 0.29) is 18.2 Å². The molecule has 0 fully saturated rings. The van der Waals surface area contributed by atoms with Gasteiger partial charge in [-0.25, -0.2) is 9.97 Å². The van der Waals surface area contributed by atoms with Crippen LogP contribution in [0.3, 0.4) is 0 Å². The monoisotopic (exact) mass is 419 g/mol. The molecule has 0 unspecified atom stereocenters. The lowest BCUT2D eigenvalue weighted by Crippen LogP contribution is -2.16.